The van der Waals surface area contributed by atoms with Gasteiger partial charge in [0.2, 0.25) is 0 Å². The molecular weight excluding hydrogens is 388 g/mol. The van der Waals surface area contributed by atoms with E-state index in [-0.39, 0.29) is 0 Å². The predicted octanol–water partition coefficient (Wildman–Crippen LogP) is 3.55. The number of guanidine groups is 1. The number of aliphatic imine (C=N–C) groups is 1. The Hall–Kier alpha value is -1.63. The van der Waals surface area contributed by atoms with Crippen molar-refractivity contribution in [3.63, 3.8) is 0 Å². The third-order valence-corrected chi connectivity index (χ3v) is 6.70. The van der Waals surface area contributed by atoms with Crippen LogP contribution in [0, 0.1) is 5.92 Å². The molecule has 1 atom stereocenters. The van der Waals surface area contributed by atoms with E-state index in [9.17, 15) is 0 Å². The normalized spacial score (nSPS) is 20.7. The molecule has 6 nitrogen and oxygen atoms in total. The van der Waals surface area contributed by atoms with Crippen LogP contribution in [0.2, 0.25) is 0 Å². The molecule has 2 saturated heterocycles. The van der Waals surface area contributed by atoms with Crippen LogP contribution < -0.4 is 5.32 Å². The van der Waals surface area contributed by atoms with Crippen LogP contribution in [0.5, 0.6) is 0 Å². The van der Waals surface area contributed by atoms with Crippen LogP contribution in [0.3, 0.4) is 0 Å². The van der Waals surface area contributed by atoms with Crippen molar-refractivity contribution in [2.45, 2.75) is 51.2 Å². The second-order valence-corrected chi connectivity index (χ2v) is 8.98. The molecule has 3 rings (SSSR count). The summed E-state index contributed by atoms with van der Waals surface area (Å²) in [5.41, 5.74) is 1.39. The van der Waals surface area contributed by atoms with Crippen molar-refractivity contribution in [2.24, 2.45) is 10.9 Å². The molecule has 0 bridgehead atoms. The third-order valence-electron chi connectivity index (χ3n) is 6.70. The van der Waals surface area contributed by atoms with Gasteiger partial charge < -0.3 is 19.7 Å². The third kappa shape index (κ3) is 7.48. The fourth-order valence-electron chi connectivity index (χ4n) is 4.68. The van der Waals surface area contributed by atoms with E-state index >= 15 is 0 Å². The van der Waals surface area contributed by atoms with Crippen LogP contribution in [-0.2, 0) is 9.47 Å². The van der Waals surface area contributed by atoms with Crippen LogP contribution in [0.15, 0.2) is 35.3 Å². The highest BCUT2D eigenvalue weighted by Gasteiger charge is 2.26. The van der Waals surface area contributed by atoms with Crippen molar-refractivity contribution in [2.75, 3.05) is 60.1 Å². The van der Waals surface area contributed by atoms with Crippen LogP contribution >= 0.6 is 0 Å². The quantitative estimate of drug-likeness (QED) is 0.369. The zero-order valence-corrected chi connectivity index (χ0v) is 19.8. The summed E-state index contributed by atoms with van der Waals surface area (Å²) in [6.07, 6.45) is 6.01. The van der Waals surface area contributed by atoms with Gasteiger partial charge in [0.1, 0.15) is 0 Å². The summed E-state index contributed by atoms with van der Waals surface area (Å²) in [5, 5.41) is 3.70. The summed E-state index contributed by atoms with van der Waals surface area (Å²) in [7, 11) is 3.64. The van der Waals surface area contributed by atoms with Crippen LogP contribution in [0.1, 0.15) is 50.6 Å². The maximum atomic E-state index is 6.02. The fourth-order valence-corrected chi connectivity index (χ4v) is 4.68. The van der Waals surface area contributed by atoms with Gasteiger partial charge in [-0.25, -0.2) is 0 Å². The van der Waals surface area contributed by atoms with Gasteiger partial charge in [0.25, 0.3) is 0 Å². The van der Waals surface area contributed by atoms with Crippen molar-refractivity contribution in [1.29, 1.82) is 0 Å². The monoisotopic (exact) mass is 430 g/mol. The number of nitrogens with zero attached hydrogens (tertiary/aromatic N) is 3. The Morgan fingerprint density at radius 2 is 1.77 bits per heavy atom. The summed E-state index contributed by atoms with van der Waals surface area (Å²) in [4.78, 5) is 9.63. The number of benzene rings is 1. The highest BCUT2D eigenvalue weighted by molar-refractivity contribution is 5.80. The minimum absolute atomic E-state index is 0.360. The van der Waals surface area contributed by atoms with Gasteiger partial charge in [-0.3, -0.25) is 9.89 Å². The van der Waals surface area contributed by atoms with E-state index < -0.39 is 0 Å². The Balaban J connectivity index is 1.52. The molecule has 31 heavy (non-hydrogen) atoms. The second kappa shape index (κ2) is 13.0. The van der Waals surface area contributed by atoms with Crippen LogP contribution in [0.25, 0.3) is 0 Å². The lowest BCUT2D eigenvalue weighted by Crippen LogP contribution is -2.49. The number of rotatable bonds is 9. The first kappa shape index (κ1) is 24.0. The van der Waals surface area contributed by atoms with Crippen molar-refractivity contribution in [3.8, 4) is 0 Å². The average Bonchev–Trinajstić information content (AvgIpc) is 2.82. The van der Waals surface area contributed by atoms with Gasteiger partial charge in [0.15, 0.2) is 5.96 Å². The van der Waals surface area contributed by atoms with Crippen molar-refractivity contribution in [1.82, 2.24) is 15.1 Å². The summed E-state index contributed by atoms with van der Waals surface area (Å²) < 4.78 is 11.1. The summed E-state index contributed by atoms with van der Waals surface area (Å²) in [6.45, 7) is 9.16. The summed E-state index contributed by atoms with van der Waals surface area (Å²) >= 11 is 0. The lowest BCUT2D eigenvalue weighted by atomic mass is 9.95. The standard InChI is InChI=1S/C25H42N4O2/c1-21-10-14-28(15-11-21)24(22-8-5-4-6-9-22)20-27-25(26-2)29-16-12-23(13-17-29)31-19-7-18-30-3/h4-6,8-9,21,23-24H,7,10-20H2,1-3H3,(H,26,27). The first-order chi connectivity index (χ1) is 15.2. The molecule has 6 heteroatoms. The Kier molecular flexibility index (Phi) is 10.1. The summed E-state index contributed by atoms with van der Waals surface area (Å²) in [6, 6.07) is 11.3. The number of hydrogen-bond acceptors (Lipinski definition) is 4. The lowest BCUT2D eigenvalue weighted by molar-refractivity contribution is 0.00983. The lowest BCUT2D eigenvalue weighted by Gasteiger charge is -2.38. The number of hydrogen-bond donors (Lipinski definition) is 1. The molecule has 2 heterocycles. The number of piperidine rings is 2. The molecule has 0 aliphatic carbocycles. The topological polar surface area (TPSA) is 49.3 Å². The van der Waals surface area contributed by atoms with Gasteiger partial charge in [-0.15, -0.1) is 0 Å². The van der Waals surface area contributed by atoms with Gasteiger partial charge in [0, 0.05) is 47.0 Å². The number of nitrogens with one attached hydrogen (secondary N) is 1. The molecule has 2 aliphatic rings. The van der Waals surface area contributed by atoms with Gasteiger partial charge >= 0.3 is 0 Å². The number of likely N-dealkylation sites (tertiary alicyclic amines) is 2. The average molecular weight is 431 g/mol. The Bertz CT molecular complexity index is 638. The minimum Gasteiger partial charge on any atom is -0.385 e. The molecule has 2 aliphatic heterocycles. The minimum atomic E-state index is 0.360. The van der Waals surface area contributed by atoms with E-state index in [2.05, 4.69) is 57.4 Å². The van der Waals surface area contributed by atoms with E-state index in [4.69, 9.17) is 9.47 Å². The molecule has 1 N–H and O–H groups in total. The summed E-state index contributed by atoms with van der Waals surface area (Å²) in [5.74, 6) is 1.86. The van der Waals surface area contributed by atoms with E-state index in [1.165, 1.54) is 31.5 Å². The van der Waals surface area contributed by atoms with Gasteiger partial charge in [-0.05, 0) is 56.7 Å². The van der Waals surface area contributed by atoms with E-state index in [0.29, 0.717) is 12.1 Å². The smallest absolute Gasteiger partial charge is 0.193 e. The highest BCUT2D eigenvalue weighted by atomic mass is 16.5. The number of ether oxygens (including phenoxy) is 2. The van der Waals surface area contributed by atoms with Crippen LogP contribution in [0.4, 0.5) is 0 Å². The van der Waals surface area contributed by atoms with Crippen molar-refractivity contribution >= 4 is 5.96 Å². The maximum absolute atomic E-state index is 6.02. The molecular formula is C25H42N4O2. The maximum Gasteiger partial charge on any atom is 0.193 e. The first-order valence-electron chi connectivity index (χ1n) is 12.1. The number of methoxy groups -OCH3 is 1. The van der Waals surface area contributed by atoms with E-state index in [1.54, 1.807) is 7.11 Å². The first-order valence-corrected chi connectivity index (χ1v) is 12.1. The molecule has 0 aromatic heterocycles. The van der Waals surface area contributed by atoms with E-state index in [0.717, 1.165) is 64.0 Å². The highest BCUT2D eigenvalue weighted by Crippen LogP contribution is 2.26. The zero-order valence-electron chi connectivity index (χ0n) is 19.8. The van der Waals surface area contributed by atoms with Crippen molar-refractivity contribution < 1.29 is 9.47 Å². The van der Waals surface area contributed by atoms with Crippen LogP contribution in [-0.4, -0.2) is 82.0 Å². The fraction of sp³-hybridized carbons (Fsp3) is 0.720. The second-order valence-electron chi connectivity index (χ2n) is 8.98. The molecule has 1 unspecified atom stereocenters. The van der Waals surface area contributed by atoms with Gasteiger partial charge in [-0.1, -0.05) is 37.3 Å². The van der Waals surface area contributed by atoms with Crippen molar-refractivity contribution in [3.05, 3.63) is 35.9 Å². The SMILES string of the molecule is CN=C(NCC(c1ccccc1)N1CCC(C)CC1)N1CCC(OCCCOC)CC1. The van der Waals surface area contributed by atoms with Gasteiger partial charge in [-0.2, -0.15) is 0 Å². The molecule has 0 saturated carbocycles. The Morgan fingerprint density at radius 1 is 1.06 bits per heavy atom. The van der Waals surface area contributed by atoms with E-state index in [1.807, 2.05) is 7.05 Å². The largest absolute Gasteiger partial charge is 0.385 e. The molecule has 1 aromatic carbocycles. The molecule has 0 amide bonds. The zero-order chi connectivity index (χ0) is 21.9. The Morgan fingerprint density at radius 3 is 2.42 bits per heavy atom. The molecule has 2 fully saturated rings. The Labute approximate surface area is 189 Å². The molecule has 1 aromatic rings. The predicted molar refractivity (Wildman–Crippen MR) is 128 cm³/mol. The molecule has 0 spiro atoms. The molecule has 0 radical (unpaired) electrons. The molecule has 174 valence electrons. The van der Waals surface area contributed by atoms with Gasteiger partial charge in [0.05, 0.1) is 12.1 Å².